The van der Waals surface area contributed by atoms with Gasteiger partial charge in [0.1, 0.15) is 22.9 Å². The molecule has 3 rings (SSSR count). The molecule has 172 valence electrons. The molecule has 9 heteroatoms. The maximum absolute atomic E-state index is 14.6. The van der Waals surface area contributed by atoms with Gasteiger partial charge < -0.3 is 15.7 Å². The molecule has 1 heterocycles. The first kappa shape index (κ1) is 23.5. The summed E-state index contributed by atoms with van der Waals surface area (Å²) in [6.45, 7) is 4.01. The Balaban J connectivity index is 2.42. The van der Waals surface area contributed by atoms with E-state index in [0.29, 0.717) is 18.5 Å². The highest BCUT2D eigenvalue weighted by molar-refractivity contribution is 6.03. The molecule has 0 radical (unpaired) electrons. The highest BCUT2D eigenvalue weighted by atomic mass is 19.1. The van der Waals surface area contributed by atoms with Crippen molar-refractivity contribution in [1.82, 2.24) is 14.0 Å². The lowest BCUT2D eigenvalue weighted by atomic mass is 10.1. The fourth-order valence-corrected chi connectivity index (χ4v) is 3.65. The SMILES string of the molecule is C/C(=C\O)c1c(C(=Nc2ccc(C)cc2F)N(C)C)c(=O)n(C2CC2)c(=O)n1CCCN. The topological polar surface area (TPSA) is 106 Å². The van der Waals surface area contributed by atoms with Crippen molar-refractivity contribution in [3.8, 4) is 0 Å². The molecule has 1 aliphatic rings. The number of benzene rings is 1. The van der Waals surface area contributed by atoms with Gasteiger partial charge in [0.2, 0.25) is 0 Å². The molecule has 1 saturated carbocycles. The van der Waals surface area contributed by atoms with Crippen LogP contribution in [0.5, 0.6) is 0 Å². The van der Waals surface area contributed by atoms with E-state index in [1.54, 1.807) is 45.0 Å². The van der Waals surface area contributed by atoms with E-state index in [4.69, 9.17) is 5.73 Å². The van der Waals surface area contributed by atoms with Crippen LogP contribution >= 0.6 is 0 Å². The molecule has 0 bridgehead atoms. The molecule has 1 fully saturated rings. The Morgan fingerprint density at radius 3 is 2.56 bits per heavy atom. The molecule has 0 amide bonds. The number of aryl methyl sites for hydroxylation is 1. The normalized spacial score (nSPS) is 14.7. The summed E-state index contributed by atoms with van der Waals surface area (Å²) in [6, 6.07) is 4.48. The van der Waals surface area contributed by atoms with Gasteiger partial charge in [-0.15, -0.1) is 0 Å². The predicted octanol–water partition coefficient (Wildman–Crippen LogP) is 2.70. The molecule has 0 saturated heterocycles. The quantitative estimate of drug-likeness (QED) is 0.389. The Hall–Kier alpha value is -3.20. The molecule has 1 aliphatic carbocycles. The van der Waals surface area contributed by atoms with E-state index in [9.17, 15) is 19.1 Å². The number of rotatable bonds is 7. The van der Waals surface area contributed by atoms with Crippen LogP contribution in [-0.4, -0.2) is 45.6 Å². The van der Waals surface area contributed by atoms with Gasteiger partial charge in [-0.25, -0.2) is 14.2 Å². The minimum Gasteiger partial charge on any atom is -0.515 e. The van der Waals surface area contributed by atoms with Crippen LogP contribution < -0.4 is 17.0 Å². The highest BCUT2D eigenvalue weighted by Crippen LogP contribution is 2.33. The number of hydrogen-bond acceptors (Lipinski definition) is 5. The molecule has 0 atom stereocenters. The van der Waals surface area contributed by atoms with E-state index in [1.807, 2.05) is 0 Å². The third kappa shape index (κ3) is 4.52. The zero-order valence-electron chi connectivity index (χ0n) is 18.9. The Kier molecular flexibility index (Phi) is 6.98. The van der Waals surface area contributed by atoms with Gasteiger partial charge in [-0.1, -0.05) is 6.07 Å². The zero-order chi connectivity index (χ0) is 23.6. The van der Waals surface area contributed by atoms with Gasteiger partial charge in [0, 0.05) is 32.3 Å². The zero-order valence-corrected chi connectivity index (χ0v) is 18.9. The molecular formula is C23H30FN5O3. The summed E-state index contributed by atoms with van der Waals surface area (Å²) >= 11 is 0. The number of nitrogens with two attached hydrogens (primary N) is 1. The summed E-state index contributed by atoms with van der Waals surface area (Å²) < 4.78 is 17.3. The monoisotopic (exact) mass is 443 g/mol. The van der Waals surface area contributed by atoms with Crippen LogP contribution in [0.4, 0.5) is 10.1 Å². The lowest BCUT2D eigenvalue weighted by molar-refractivity contribution is 0.473. The Morgan fingerprint density at radius 1 is 1.34 bits per heavy atom. The standard InChI is InChI=1S/C23H30FN5O3/c1-14-6-9-18(17(24)12-14)26-21(27(3)4)19-20(15(2)13-30)28(11-5-10-25)23(32)29(22(19)31)16-7-8-16/h6,9,12-13,16,30H,5,7-8,10-11,25H2,1-4H3/b15-13+,26-21?. The molecular weight excluding hydrogens is 413 g/mol. The lowest BCUT2D eigenvalue weighted by Crippen LogP contribution is -2.46. The van der Waals surface area contributed by atoms with Crippen LogP contribution in [0.15, 0.2) is 39.0 Å². The fourth-order valence-electron chi connectivity index (χ4n) is 3.65. The van der Waals surface area contributed by atoms with Crippen LogP contribution in [0.2, 0.25) is 0 Å². The lowest BCUT2D eigenvalue weighted by Gasteiger charge is -2.23. The van der Waals surface area contributed by atoms with Crippen LogP contribution in [0.1, 0.15) is 49.0 Å². The van der Waals surface area contributed by atoms with Crippen LogP contribution in [-0.2, 0) is 6.54 Å². The number of amidine groups is 1. The second kappa shape index (κ2) is 9.52. The van der Waals surface area contributed by atoms with Crippen molar-refractivity contribution in [3.63, 3.8) is 0 Å². The minimum absolute atomic E-state index is 0.0768. The Bertz CT molecular complexity index is 1190. The molecule has 3 N–H and O–H groups in total. The molecule has 8 nitrogen and oxygen atoms in total. The molecule has 0 unspecified atom stereocenters. The number of aliphatic imine (C=N–C) groups is 1. The van der Waals surface area contributed by atoms with Gasteiger partial charge in [0.25, 0.3) is 5.56 Å². The van der Waals surface area contributed by atoms with Crippen molar-refractivity contribution in [1.29, 1.82) is 0 Å². The summed E-state index contributed by atoms with van der Waals surface area (Å²) in [5.41, 5.74) is 6.29. The van der Waals surface area contributed by atoms with Gasteiger partial charge in [0.15, 0.2) is 0 Å². The molecule has 32 heavy (non-hydrogen) atoms. The average Bonchev–Trinajstić information content (AvgIpc) is 3.57. The number of aliphatic hydroxyl groups is 1. The third-order valence-corrected chi connectivity index (χ3v) is 5.42. The van der Waals surface area contributed by atoms with E-state index < -0.39 is 17.1 Å². The van der Waals surface area contributed by atoms with Gasteiger partial charge in [0.05, 0.1) is 12.0 Å². The summed E-state index contributed by atoms with van der Waals surface area (Å²) in [4.78, 5) is 33.0. The number of hydrogen-bond donors (Lipinski definition) is 2. The molecule has 0 aliphatic heterocycles. The van der Waals surface area contributed by atoms with E-state index in [-0.39, 0.29) is 35.4 Å². The molecule has 1 aromatic carbocycles. The Morgan fingerprint density at radius 2 is 2.03 bits per heavy atom. The van der Waals surface area contributed by atoms with Gasteiger partial charge in [-0.05, 0) is 57.4 Å². The first-order valence-electron chi connectivity index (χ1n) is 10.6. The van der Waals surface area contributed by atoms with E-state index in [0.717, 1.165) is 24.7 Å². The van der Waals surface area contributed by atoms with Crippen LogP contribution in [0.3, 0.4) is 0 Å². The van der Waals surface area contributed by atoms with E-state index >= 15 is 0 Å². The number of halogens is 1. The van der Waals surface area contributed by atoms with Crippen molar-refractivity contribution < 1.29 is 9.50 Å². The molecule has 0 spiro atoms. The van der Waals surface area contributed by atoms with Gasteiger partial charge >= 0.3 is 5.69 Å². The first-order valence-corrected chi connectivity index (χ1v) is 10.6. The number of aromatic nitrogens is 2. The predicted molar refractivity (Wildman–Crippen MR) is 124 cm³/mol. The summed E-state index contributed by atoms with van der Waals surface area (Å²) in [5.74, 6) is -0.316. The smallest absolute Gasteiger partial charge is 0.331 e. The second-order valence-corrected chi connectivity index (χ2v) is 8.30. The maximum atomic E-state index is 14.6. The van der Waals surface area contributed by atoms with E-state index in [1.165, 1.54) is 15.2 Å². The minimum atomic E-state index is -0.515. The summed E-state index contributed by atoms with van der Waals surface area (Å²) in [5, 5.41) is 9.80. The second-order valence-electron chi connectivity index (χ2n) is 8.30. The molecule has 2 aromatic rings. The number of aliphatic hydroxyl groups excluding tert-OH is 1. The Labute approximate surface area is 186 Å². The number of nitrogens with zero attached hydrogens (tertiary/aromatic N) is 4. The maximum Gasteiger partial charge on any atom is 0.331 e. The van der Waals surface area contributed by atoms with Crippen LogP contribution in [0.25, 0.3) is 5.57 Å². The van der Waals surface area contributed by atoms with Gasteiger partial charge in [-0.3, -0.25) is 13.9 Å². The van der Waals surface area contributed by atoms with Crippen molar-refractivity contribution in [2.75, 3.05) is 20.6 Å². The molecule has 1 aromatic heterocycles. The van der Waals surface area contributed by atoms with Crippen molar-refractivity contribution in [3.05, 3.63) is 67.9 Å². The first-order chi connectivity index (χ1) is 15.2. The fraction of sp³-hybridized carbons (Fsp3) is 0.435. The highest BCUT2D eigenvalue weighted by Gasteiger charge is 2.32. The average molecular weight is 444 g/mol. The van der Waals surface area contributed by atoms with Crippen molar-refractivity contribution in [2.45, 2.75) is 45.7 Å². The van der Waals surface area contributed by atoms with Crippen molar-refractivity contribution in [2.24, 2.45) is 10.7 Å². The largest absolute Gasteiger partial charge is 0.515 e. The van der Waals surface area contributed by atoms with Gasteiger partial charge in [-0.2, -0.15) is 0 Å². The van der Waals surface area contributed by atoms with E-state index in [2.05, 4.69) is 4.99 Å². The summed E-state index contributed by atoms with van der Waals surface area (Å²) in [6.07, 6.45) is 2.84. The van der Waals surface area contributed by atoms with Crippen LogP contribution in [0, 0.1) is 12.7 Å². The van der Waals surface area contributed by atoms with Crippen molar-refractivity contribution >= 4 is 17.1 Å². The summed E-state index contributed by atoms with van der Waals surface area (Å²) in [7, 11) is 3.39. The number of allylic oxidation sites excluding steroid dienone is 1. The third-order valence-electron chi connectivity index (χ3n) is 5.42.